The van der Waals surface area contributed by atoms with Gasteiger partial charge in [0.2, 0.25) is 0 Å². The zero-order valence-electron chi connectivity index (χ0n) is 10.7. The van der Waals surface area contributed by atoms with Crippen LogP contribution in [-0.2, 0) is 9.47 Å². The molecule has 1 N–H and O–H groups in total. The van der Waals surface area contributed by atoms with Crippen LogP contribution in [0.1, 0.15) is 0 Å². The number of aliphatic hydroxyl groups is 1. The number of anilines is 2. The minimum absolute atomic E-state index is 0.195. The van der Waals surface area contributed by atoms with E-state index in [9.17, 15) is 9.59 Å². The van der Waals surface area contributed by atoms with Crippen LogP contribution in [0.5, 0.6) is 0 Å². The largest absolute Gasteiger partial charge is 0.447 e. The molecule has 0 aliphatic carbocycles. The molecule has 1 aromatic rings. The van der Waals surface area contributed by atoms with Crippen molar-refractivity contribution in [3.63, 3.8) is 0 Å². The predicted molar refractivity (Wildman–Crippen MR) is 69.8 cm³/mol. The van der Waals surface area contributed by atoms with E-state index in [0.717, 1.165) is 5.69 Å². The molecule has 7 nitrogen and oxygen atoms in total. The Morgan fingerprint density at radius 3 is 2.25 bits per heavy atom. The fraction of sp³-hybridized carbons (Fsp3) is 0.385. The van der Waals surface area contributed by atoms with Crippen molar-refractivity contribution in [3.05, 3.63) is 24.3 Å². The van der Waals surface area contributed by atoms with Crippen molar-refractivity contribution in [3.8, 4) is 0 Å². The van der Waals surface area contributed by atoms with Gasteiger partial charge in [-0.3, -0.25) is 9.80 Å². The van der Waals surface area contributed by atoms with E-state index in [-0.39, 0.29) is 12.7 Å². The maximum absolute atomic E-state index is 11.6. The second kappa shape index (κ2) is 5.01. The monoisotopic (exact) mass is 278 g/mol. The van der Waals surface area contributed by atoms with E-state index >= 15 is 0 Å². The van der Waals surface area contributed by atoms with E-state index in [2.05, 4.69) is 0 Å². The summed E-state index contributed by atoms with van der Waals surface area (Å²) in [5.74, 6) is 0. The molecule has 0 bridgehead atoms. The van der Waals surface area contributed by atoms with Crippen LogP contribution in [-0.4, -0.2) is 49.7 Å². The molecule has 0 radical (unpaired) electrons. The predicted octanol–water partition coefficient (Wildman–Crippen LogP) is 0.961. The number of ether oxygens (including phenoxy) is 2. The summed E-state index contributed by atoms with van der Waals surface area (Å²) in [7, 11) is 0. The number of aliphatic hydroxyl groups excluding tert-OH is 1. The smallest absolute Gasteiger partial charge is 0.414 e. The topological polar surface area (TPSA) is 79.3 Å². The van der Waals surface area contributed by atoms with Gasteiger partial charge >= 0.3 is 12.2 Å². The van der Waals surface area contributed by atoms with E-state index < -0.39 is 12.2 Å². The molecular weight excluding hydrogens is 264 g/mol. The Morgan fingerprint density at radius 2 is 1.75 bits per heavy atom. The summed E-state index contributed by atoms with van der Waals surface area (Å²) in [5.41, 5.74) is 1.39. The zero-order valence-corrected chi connectivity index (χ0v) is 10.7. The van der Waals surface area contributed by atoms with Crippen LogP contribution < -0.4 is 9.80 Å². The number of nitrogens with zero attached hydrogens (tertiary/aromatic N) is 2. The number of carbonyl (C=O) groups is 2. The Morgan fingerprint density at radius 1 is 1.10 bits per heavy atom. The third kappa shape index (κ3) is 2.16. The number of amides is 2. The Labute approximate surface area is 115 Å². The van der Waals surface area contributed by atoms with Crippen molar-refractivity contribution in [1.29, 1.82) is 0 Å². The lowest BCUT2D eigenvalue weighted by Gasteiger charge is -2.16. The van der Waals surface area contributed by atoms with Crippen LogP contribution in [0.3, 0.4) is 0 Å². The Bertz CT molecular complexity index is 530. The normalized spacial score (nSPS) is 22.1. The van der Waals surface area contributed by atoms with Crippen LogP contribution in [0, 0.1) is 0 Å². The Kier molecular flexibility index (Phi) is 3.19. The van der Waals surface area contributed by atoms with Crippen LogP contribution in [0.2, 0.25) is 0 Å². The maximum atomic E-state index is 11.6. The van der Waals surface area contributed by atoms with Crippen molar-refractivity contribution < 1.29 is 24.2 Å². The third-order valence-corrected chi connectivity index (χ3v) is 3.31. The first-order valence-corrected chi connectivity index (χ1v) is 6.32. The van der Waals surface area contributed by atoms with Crippen LogP contribution in [0.4, 0.5) is 21.0 Å². The summed E-state index contributed by atoms with van der Waals surface area (Å²) in [4.78, 5) is 26.1. The first kappa shape index (κ1) is 12.7. The quantitative estimate of drug-likeness (QED) is 0.891. The van der Waals surface area contributed by atoms with Crippen molar-refractivity contribution in [2.45, 2.75) is 6.10 Å². The SMILES string of the molecule is O=C1OCCN1c1ccc(N2CC(CO)OC2=O)cc1. The summed E-state index contributed by atoms with van der Waals surface area (Å²) < 4.78 is 9.85. The second-order valence-corrected chi connectivity index (χ2v) is 4.58. The molecular formula is C13H14N2O5. The Hall–Kier alpha value is -2.28. The van der Waals surface area contributed by atoms with E-state index in [4.69, 9.17) is 14.6 Å². The van der Waals surface area contributed by atoms with Gasteiger partial charge in [0.1, 0.15) is 12.7 Å². The molecule has 20 heavy (non-hydrogen) atoms. The van der Waals surface area contributed by atoms with Crippen molar-refractivity contribution in [2.24, 2.45) is 0 Å². The summed E-state index contributed by atoms with van der Waals surface area (Å²) in [6, 6.07) is 6.98. The molecule has 106 valence electrons. The number of hydrogen-bond donors (Lipinski definition) is 1. The van der Waals surface area contributed by atoms with Gasteiger partial charge in [-0.15, -0.1) is 0 Å². The highest BCUT2D eigenvalue weighted by molar-refractivity contribution is 5.92. The molecule has 2 saturated heterocycles. The second-order valence-electron chi connectivity index (χ2n) is 4.58. The van der Waals surface area contributed by atoms with Gasteiger partial charge in [-0.05, 0) is 24.3 Å². The molecule has 0 aromatic heterocycles. The molecule has 1 atom stereocenters. The summed E-state index contributed by atoms with van der Waals surface area (Å²) in [6.07, 6.45) is -1.33. The molecule has 7 heteroatoms. The Balaban J connectivity index is 1.76. The van der Waals surface area contributed by atoms with Crippen molar-refractivity contribution in [1.82, 2.24) is 0 Å². The number of carbonyl (C=O) groups excluding carboxylic acids is 2. The number of rotatable bonds is 3. The van der Waals surface area contributed by atoms with Crippen molar-refractivity contribution >= 4 is 23.6 Å². The fourth-order valence-corrected chi connectivity index (χ4v) is 2.27. The van der Waals surface area contributed by atoms with Crippen molar-refractivity contribution in [2.75, 3.05) is 36.1 Å². The number of benzene rings is 1. The van der Waals surface area contributed by atoms with Gasteiger partial charge in [0.25, 0.3) is 0 Å². The molecule has 1 aromatic carbocycles. The molecule has 2 amide bonds. The molecule has 2 aliphatic rings. The van der Waals surface area contributed by atoms with Gasteiger partial charge in [-0.25, -0.2) is 9.59 Å². The first-order valence-electron chi connectivity index (χ1n) is 6.32. The van der Waals surface area contributed by atoms with Crippen LogP contribution in [0.15, 0.2) is 24.3 Å². The van der Waals surface area contributed by atoms with E-state index in [1.54, 1.807) is 24.3 Å². The minimum Gasteiger partial charge on any atom is -0.447 e. The van der Waals surface area contributed by atoms with Gasteiger partial charge in [-0.2, -0.15) is 0 Å². The van der Waals surface area contributed by atoms with Gasteiger partial charge in [0, 0.05) is 11.4 Å². The van der Waals surface area contributed by atoms with E-state index in [0.29, 0.717) is 25.4 Å². The average molecular weight is 278 g/mol. The standard InChI is InChI=1S/C13H14N2O5/c16-8-11-7-15(13(18)20-11)10-3-1-9(2-4-10)14-5-6-19-12(14)17/h1-4,11,16H,5-8H2. The van der Waals surface area contributed by atoms with Gasteiger partial charge in [-0.1, -0.05) is 0 Å². The molecule has 0 spiro atoms. The highest BCUT2D eigenvalue weighted by Crippen LogP contribution is 2.26. The molecule has 2 aliphatic heterocycles. The van der Waals surface area contributed by atoms with Gasteiger partial charge in [0.05, 0.1) is 19.7 Å². The summed E-state index contributed by atoms with van der Waals surface area (Å²) >= 11 is 0. The van der Waals surface area contributed by atoms with Crippen LogP contribution >= 0.6 is 0 Å². The third-order valence-electron chi connectivity index (χ3n) is 3.31. The maximum Gasteiger partial charge on any atom is 0.414 e. The molecule has 2 heterocycles. The lowest BCUT2D eigenvalue weighted by Crippen LogP contribution is -2.26. The zero-order chi connectivity index (χ0) is 14.1. The lowest BCUT2D eigenvalue weighted by molar-refractivity contribution is 0.0963. The number of cyclic esters (lactones) is 2. The minimum atomic E-state index is -0.490. The van der Waals surface area contributed by atoms with Gasteiger partial charge < -0.3 is 14.6 Å². The molecule has 3 rings (SSSR count). The highest BCUT2D eigenvalue weighted by Gasteiger charge is 2.32. The summed E-state index contributed by atoms with van der Waals surface area (Å²) in [5, 5.41) is 9.00. The van der Waals surface area contributed by atoms with Crippen LogP contribution in [0.25, 0.3) is 0 Å². The van der Waals surface area contributed by atoms with Gasteiger partial charge in [0.15, 0.2) is 0 Å². The number of hydrogen-bond acceptors (Lipinski definition) is 5. The first-order chi connectivity index (χ1) is 9.69. The summed E-state index contributed by atoms with van der Waals surface area (Å²) in [6.45, 7) is 1.04. The van der Waals surface area contributed by atoms with E-state index in [1.165, 1.54) is 9.80 Å². The fourth-order valence-electron chi connectivity index (χ4n) is 2.27. The lowest BCUT2D eigenvalue weighted by atomic mass is 10.2. The van der Waals surface area contributed by atoms with E-state index in [1.807, 2.05) is 0 Å². The molecule has 1 unspecified atom stereocenters. The molecule has 2 fully saturated rings. The molecule has 0 saturated carbocycles. The average Bonchev–Trinajstić information content (AvgIpc) is 3.05. The highest BCUT2D eigenvalue weighted by atomic mass is 16.6.